The zero-order chi connectivity index (χ0) is 8.65. The van der Waals surface area contributed by atoms with Crippen LogP contribution in [0.3, 0.4) is 0 Å². The van der Waals surface area contributed by atoms with Crippen molar-refractivity contribution in [1.29, 1.82) is 0 Å². The zero-order valence-electron chi connectivity index (χ0n) is 5.21. The summed E-state index contributed by atoms with van der Waals surface area (Å²) in [7, 11) is -4.29. The Morgan fingerprint density at radius 2 is 2.18 bits per heavy atom. The van der Waals surface area contributed by atoms with Gasteiger partial charge in [-0.15, -0.1) is 0 Å². The standard InChI is InChI=1S/C3H6NO6P/c4-3(5)10-1-2(9-1)11(6,7)8/h1-2H,(H2,4,5)(H2,6,7,8). The Morgan fingerprint density at radius 1 is 1.64 bits per heavy atom. The van der Waals surface area contributed by atoms with Crippen LogP contribution in [0.1, 0.15) is 0 Å². The maximum absolute atomic E-state index is 10.3. The van der Waals surface area contributed by atoms with E-state index in [0.717, 1.165) is 0 Å². The normalized spacial score (nSPS) is 29.6. The van der Waals surface area contributed by atoms with Gasteiger partial charge in [0.05, 0.1) is 0 Å². The second-order valence-electron chi connectivity index (χ2n) is 1.92. The molecule has 0 aromatic carbocycles. The highest BCUT2D eigenvalue weighted by atomic mass is 31.2. The van der Waals surface area contributed by atoms with Crippen LogP contribution >= 0.6 is 7.60 Å². The lowest BCUT2D eigenvalue weighted by Gasteiger charge is -1.96. The van der Waals surface area contributed by atoms with E-state index in [1.807, 2.05) is 0 Å². The van der Waals surface area contributed by atoms with Crippen LogP contribution in [0.5, 0.6) is 0 Å². The summed E-state index contributed by atoms with van der Waals surface area (Å²) in [6.45, 7) is 0. The van der Waals surface area contributed by atoms with Gasteiger partial charge in [0, 0.05) is 0 Å². The van der Waals surface area contributed by atoms with Gasteiger partial charge in [-0.3, -0.25) is 4.57 Å². The Morgan fingerprint density at radius 3 is 2.45 bits per heavy atom. The molecule has 11 heavy (non-hydrogen) atoms. The molecule has 1 saturated heterocycles. The molecule has 8 heteroatoms. The van der Waals surface area contributed by atoms with Crippen molar-refractivity contribution in [1.82, 2.24) is 0 Å². The highest BCUT2D eigenvalue weighted by Crippen LogP contribution is 2.53. The first kappa shape index (κ1) is 8.48. The largest absolute Gasteiger partial charge is 0.416 e. The second-order valence-corrected chi connectivity index (χ2v) is 3.61. The minimum absolute atomic E-state index is 1.12. The van der Waals surface area contributed by atoms with E-state index < -0.39 is 25.8 Å². The van der Waals surface area contributed by atoms with Crippen molar-refractivity contribution >= 4 is 13.7 Å². The molecule has 0 aliphatic carbocycles. The molecule has 2 unspecified atom stereocenters. The first-order valence-corrected chi connectivity index (χ1v) is 4.26. The SMILES string of the molecule is NC(=O)OC1OC1P(=O)(O)O. The van der Waals surface area contributed by atoms with Gasteiger partial charge in [0.1, 0.15) is 0 Å². The molecule has 0 saturated carbocycles. The summed E-state index contributed by atoms with van der Waals surface area (Å²) in [4.78, 5) is 26.8. The van der Waals surface area contributed by atoms with Gasteiger partial charge in [0.2, 0.25) is 12.1 Å². The van der Waals surface area contributed by atoms with Gasteiger partial charge >= 0.3 is 13.7 Å². The number of carbonyl (C=O) groups is 1. The molecule has 1 aliphatic rings. The molecule has 0 radical (unpaired) electrons. The summed E-state index contributed by atoms with van der Waals surface area (Å²) in [6.07, 6.45) is -2.31. The van der Waals surface area contributed by atoms with Crippen molar-refractivity contribution in [2.75, 3.05) is 0 Å². The van der Waals surface area contributed by atoms with Gasteiger partial charge in [-0.05, 0) is 0 Å². The van der Waals surface area contributed by atoms with E-state index in [1.165, 1.54) is 0 Å². The van der Waals surface area contributed by atoms with Gasteiger partial charge < -0.3 is 25.0 Å². The van der Waals surface area contributed by atoms with Crippen molar-refractivity contribution in [3.8, 4) is 0 Å². The van der Waals surface area contributed by atoms with E-state index in [0.29, 0.717) is 0 Å². The Hall–Kier alpha value is -0.620. The van der Waals surface area contributed by atoms with Gasteiger partial charge in [0.15, 0.2) is 0 Å². The molecule has 1 aliphatic heterocycles. The molecule has 0 aromatic heterocycles. The maximum atomic E-state index is 10.3. The minimum atomic E-state index is -4.29. The lowest BCUT2D eigenvalue weighted by Crippen LogP contribution is -2.16. The molecule has 0 aromatic rings. The van der Waals surface area contributed by atoms with Crippen LogP contribution in [0.25, 0.3) is 0 Å². The first-order valence-electron chi connectivity index (χ1n) is 2.58. The second kappa shape index (κ2) is 2.46. The number of carbonyl (C=O) groups excluding carboxylic acids is 1. The number of rotatable bonds is 2. The van der Waals surface area contributed by atoms with Crippen LogP contribution in [0.15, 0.2) is 0 Å². The number of ether oxygens (including phenoxy) is 2. The van der Waals surface area contributed by atoms with E-state index in [2.05, 4.69) is 15.2 Å². The van der Waals surface area contributed by atoms with Gasteiger partial charge in [0.25, 0.3) is 0 Å². The minimum Gasteiger partial charge on any atom is -0.416 e. The number of primary amides is 1. The van der Waals surface area contributed by atoms with Crippen molar-refractivity contribution in [2.45, 2.75) is 12.1 Å². The molecule has 1 heterocycles. The van der Waals surface area contributed by atoms with E-state index in [4.69, 9.17) is 9.79 Å². The third-order valence-electron chi connectivity index (χ3n) is 0.994. The van der Waals surface area contributed by atoms with Crippen molar-refractivity contribution in [2.24, 2.45) is 5.73 Å². The molecule has 2 atom stereocenters. The Balaban J connectivity index is 2.38. The molecule has 1 fully saturated rings. The van der Waals surface area contributed by atoms with Crippen LogP contribution in [0.2, 0.25) is 0 Å². The number of epoxide rings is 1. The lowest BCUT2D eigenvalue weighted by molar-refractivity contribution is 0.100. The van der Waals surface area contributed by atoms with Crippen LogP contribution < -0.4 is 5.73 Å². The third-order valence-corrected chi connectivity index (χ3v) is 2.02. The van der Waals surface area contributed by atoms with Crippen molar-refractivity contribution in [3.63, 3.8) is 0 Å². The summed E-state index contributed by atoms with van der Waals surface area (Å²) >= 11 is 0. The van der Waals surface area contributed by atoms with E-state index in [1.54, 1.807) is 0 Å². The summed E-state index contributed by atoms with van der Waals surface area (Å²) in [5.41, 5.74) is 4.54. The van der Waals surface area contributed by atoms with Crippen molar-refractivity contribution < 1.29 is 28.6 Å². The molecular weight excluding hydrogens is 177 g/mol. The van der Waals surface area contributed by atoms with E-state index in [-0.39, 0.29) is 0 Å². The van der Waals surface area contributed by atoms with Crippen LogP contribution in [0.4, 0.5) is 4.79 Å². The molecular formula is C3H6NO6P. The smallest absolute Gasteiger partial charge is 0.406 e. The van der Waals surface area contributed by atoms with Crippen molar-refractivity contribution in [3.05, 3.63) is 0 Å². The summed E-state index contributed by atoms with van der Waals surface area (Å²) in [5.74, 6) is -1.34. The number of hydrogen-bond acceptors (Lipinski definition) is 4. The third kappa shape index (κ3) is 2.16. The summed E-state index contributed by atoms with van der Waals surface area (Å²) < 4.78 is 18.8. The Bertz CT molecular complexity index is 222. The Labute approximate surface area is 61.2 Å². The van der Waals surface area contributed by atoms with Gasteiger partial charge in [-0.2, -0.15) is 0 Å². The molecule has 1 amide bonds. The average molecular weight is 183 g/mol. The molecule has 0 spiro atoms. The average Bonchev–Trinajstić information content (AvgIpc) is 2.40. The highest BCUT2D eigenvalue weighted by Gasteiger charge is 2.54. The summed E-state index contributed by atoms with van der Waals surface area (Å²) in [5, 5.41) is 0. The maximum Gasteiger partial charge on any atom is 0.406 e. The predicted molar refractivity (Wildman–Crippen MR) is 31.4 cm³/mol. The quantitative estimate of drug-likeness (QED) is 0.370. The zero-order valence-corrected chi connectivity index (χ0v) is 6.10. The summed E-state index contributed by atoms with van der Waals surface area (Å²) in [6, 6.07) is 0. The first-order chi connectivity index (χ1) is 4.91. The fourth-order valence-corrected chi connectivity index (χ4v) is 1.19. The molecule has 0 bridgehead atoms. The molecule has 4 N–H and O–H groups in total. The van der Waals surface area contributed by atoms with E-state index in [9.17, 15) is 9.36 Å². The fraction of sp³-hybridized carbons (Fsp3) is 0.667. The van der Waals surface area contributed by atoms with Gasteiger partial charge in [-0.1, -0.05) is 0 Å². The lowest BCUT2D eigenvalue weighted by atomic mass is 10.8. The number of hydrogen-bond donors (Lipinski definition) is 3. The topological polar surface area (TPSA) is 122 Å². The molecule has 64 valence electrons. The van der Waals surface area contributed by atoms with Crippen LogP contribution in [-0.2, 0) is 14.0 Å². The molecule has 1 rings (SSSR count). The van der Waals surface area contributed by atoms with Gasteiger partial charge in [-0.25, -0.2) is 4.79 Å². The number of amides is 1. The fourth-order valence-electron chi connectivity index (χ4n) is 0.530. The number of nitrogens with two attached hydrogens (primary N) is 1. The highest BCUT2D eigenvalue weighted by molar-refractivity contribution is 7.52. The van der Waals surface area contributed by atoms with E-state index >= 15 is 0 Å². The molecule has 7 nitrogen and oxygen atoms in total. The monoisotopic (exact) mass is 183 g/mol. The Kier molecular flexibility index (Phi) is 1.89. The van der Waals surface area contributed by atoms with Crippen LogP contribution in [-0.4, -0.2) is 28.0 Å². The predicted octanol–water partition coefficient (Wildman–Crippen LogP) is -1.06. The van der Waals surface area contributed by atoms with Crippen LogP contribution in [0, 0.1) is 0 Å².